The van der Waals surface area contributed by atoms with Gasteiger partial charge in [-0.05, 0) is 56.5 Å². The summed E-state index contributed by atoms with van der Waals surface area (Å²) in [5.41, 5.74) is 2.38. The van der Waals surface area contributed by atoms with Crippen LogP contribution < -0.4 is 10.1 Å². The normalized spacial score (nSPS) is 11.0. The summed E-state index contributed by atoms with van der Waals surface area (Å²) in [5.74, 6) is -0.930. The number of rotatable bonds is 7. The van der Waals surface area contributed by atoms with Crippen LogP contribution >= 0.6 is 0 Å². The first-order valence-corrected chi connectivity index (χ1v) is 8.08. The zero-order valence-electron chi connectivity index (χ0n) is 14.7. The molecule has 5 heteroatoms. The van der Waals surface area contributed by atoms with Crippen LogP contribution in [0.3, 0.4) is 0 Å². The molecule has 2 rings (SSSR count). The molecule has 0 aliphatic rings. The van der Waals surface area contributed by atoms with Crippen molar-refractivity contribution in [1.29, 1.82) is 0 Å². The molecule has 2 aromatic rings. The van der Waals surface area contributed by atoms with Crippen molar-refractivity contribution in [3.63, 3.8) is 0 Å². The van der Waals surface area contributed by atoms with Crippen molar-refractivity contribution >= 4 is 11.9 Å². The molecule has 0 spiro atoms. The minimum absolute atomic E-state index is 0.223. The van der Waals surface area contributed by atoms with E-state index in [1.807, 2.05) is 26.0 Å². The standard InChI is InChI=1S/C20H23NO4/c1-14-7-4-5-8-16(14)12-20(2,3)21-19(24)15-9-6-10-17(11-15)25-13-18(22)23/h4-11H,12-13H2,1-3H3,(H,21,24)(H,22,23). The maximum Gasteiger partial charge on any atom is 0.341 e. The molecular formula is C20H23NO4. The van der Waals surface area contributed by atoms with Gasteiger partial charge in [-0.2, -0.15) is 0 Å². The van der Waals surface area contributed by atoms with Crippen LogP contribution in [0.4, 0.5) is 0 Å². The van der Waals surface area contributed by atoms with Crippen molar-refractivity contribution in [2.24, 2.45) is 0 Å². The second kappa shape index (κ2) is 7.83. The highest BCUT2D eigenvalue weighted by Crippen LogP contribution is 2.18. The average molecular weight is 341 g/mol. The Kier molecular flexibility index (Phi) is 5.80. The molecule has 0 saturated carbocycles. The van der Waals surface area contributed by atoms with Gasteiger partial charge in [-0.25, -0.2) is 4.79 Å². The van der Waals surface area contributed by atoms with E-state index in [1.165, 1.54) is 11.1 Å². The Morgan fingerprint density at radius 2 is 1.84 bits per heavy atom. The Balaban J connectivity index is 2.06. The lowest BCUT2D eigenvalue weighted by molar-refractivity contribution is -0.139. The Morgan fingerprint density at radius 1 is 1.12 bits per heavy atom. The molecule has 132 valence electrons. The average Bonchev–Trinajstić information content (AvgIpc) is 2.55. The number of carbonyl (C=O) groups excluding carboxylic acids is 1. The van der Waals surface area contributed by atoms with Gasteiger partial charge in [-0.1, -0.05) is 30.3 Å². The number of nitrogens with one attached hydrogen (secondary N) is 1. The number of hydrogen-bond acceptors (Lipinski definition) is 3. The minimum atomic E-state index is -1.06. The van der Waals surface area contributed by atoms with Gasteiger partial charge in [-0.15, -0.1) is 0 Å². The first-order valence-electron chi connectivity index (χ1n) is 8.08. The Labute approximate surface area is 147 Å². The van der Waals surface area contributed by atoms with Crippen molar-refractivity contribution in [2.45, 2.75) is 32.7 Å². The summed E-state index contributed by atoms with van der Waals surface area (Å²) in [5, 5.41) is 11.7. The van der Waals surface area contributed by atoms with Crippen LogP contribution in [0.25, 0.3) is 0 Å². The second-order valence-electron chi connectivity index (χ2n) is 6.65. The van der Waals surface area contributed by atoms with Gasteiger partial charge >= 0.3 is 5.97 Å². The van der Waals surface area contributed by atoms with Crippen LogP contribution in [0.1, 0.15) is 35.3 Å². The molecule has 0 aliphatic carbocycles. The third-order valence-corrected chi connectivity index (χ3v) is 3.80. The number of carboxylic acids is 1. The summed E-state index contributed by atoms with van der Waals surface area (Å²) in [6.45, 7) is 5.56. The largest absolute Gasteiger partial charge is 0.482 e. The molecule has 0 unspecified atom stereocenters. The van der Waals surface area contributed by atoms with Gasteiger partial charge in [-0.3, -0.25) is 4.79 Å². The molecule has 1 amide bonds. The van der Waals surface area contributed by atoms with Gasteiger partial charge in [0.2, 0.25) is 0 Å². The van der Waals surface area contributed by atoms with E-state index in [2.05, 4.69) is 24.4 Å². The van der Waals surface area contributed by atoms with Crippen molar-refractivity contribution in [3.05, 3.63) is 65.2 Å². The van der Waals surface area contributed by atoms with E-state index in [0.717, 1.165) is 0 Å². The molecule has 2 N–H and O–H groups in total. The summed E-state index contributed by atoms with van der Waals surface area (Å²) in [6, 6.07) is 14.6. The topological polar surface area (TPSA) is 75.6 Å². The van der Waals surface area contributed by atoms with Crippen LogP contribution in [0.15, 0.2) is 48.5 Å². The van der Waals surface area contributed by atoms with Crippen molar-refractivity contribution in [3.8, 4) is 5.75 Å². The number of ether oxygens (including phenoxy) is 1. The Bertz CT molecular complexity index is 768. The number of aryl methyl sites for hydroxylation is 1. The van der Waals surface area contributed by atoms with E-state index in [-0.39, 0.29) is 5.91 Å². The highest BCUT2D eigenvalue weighted by molar-refractivity contribution is 5.95. The summed E-state index contributed by atoms with van der Waals surface area (Å²) in [7, 11) is 0. The van der Waals surface area contributed by atoms with E-state index < -0.39 is 18.1 Å². The molecular weight excluding hydrogens is 318 g/mol. The molecule has 0 saturated heterocycles. The monoisotopic (exact) mass is 341 g/mol. The fraction of sp³-hybridized carbons (Fsp3) is 0.300. The van der Waals surface area contributed by atoms with Gasteiger partial charge in [0.05, 0.1) is 0 Å². The summed E-state index contributed by atoms with van der Waals surface area (Å²) < 4.78 is 5.12. The number of benzene rings is 2. The quantitative estimate of drug-likeness (QED) is 0.811. The van der Waals surface area contributed by atoms with Gasteiger partial charge in [0.25, 0.3) is 5.91 Å². The predicted octanol–water partition coefficient (Wildman–Crippen LogP) is 3.21. The molecule has 0 aromatic heterocycles. The van der Waals surface area contributed by atoms with Gasteiger partial charge in [0.1, 0.15) is 5.75 Å². The number of aliphatic carboxylic acids is 1. The van der Waals surface area contributed by atoms with E-state index in [1.54, 1.807) is 24.3 Å². The fourth-order valence-corrected chi connectivity index (χ4v) is 2.58. The molecule has 25 heavy (non-hydrogen) atoms. The van der Waals surface area contributed by atoms with Crippen molar-refractivity contribution in [2.75, 3.05) is 6.61 Å². The van der Waals surface area contributed by atoms with E-state index in [9.17, 15) is 9.59 Å². The number of hydrogen-bond donors (Lipinski definition) is 2. The lowest BCUT2D eigenvalue weighted by atomic mass is 9.92. The molecule has 0 fully saturated rings. The van der Waals surface area contributed by atoms with Gasteiger partial charge in [0.15, 0.2) is 6.61 Å². The second-order valence-corrected chi connectivity index (χ2v) is 6.65. The fourth-order valence-electron chi connectivity index (χ4n) is 2.58. The Hall–Kier alpha value is -2.82. The van der Waals surface area contributed by atoms with Gasteiger partial charge < -0.3 is 15.2 Å². The first-order chi connectivity index (χ1) is 11.8. The van der Waals surface area contributed by atoms with E-state index in [0.29, 0.717) is 17.7 Å². The SMILES string of the molecule is Cc1ccccc1CC(C)(C)NC(=O)c1cccc(OCC(=O)O)c1. The van der Waals surface area contributed by atoms with Crippen molar-refractivity contribution in [1.82, 2.24) is 5.32 Å². The molecule has 5 nitrogen and oxygen atoms in total. The summed E-state index contributed by atoms with van der Waals surface area (Å²) in [4.78, 5) is 23.1. The van der Waals surface area contributed by atoms with E-state index in [4.69, 9.17) is 9.84 Å². The third kappa shape index (κ3) is 5.64. The number of carbonyl (C=O) groups is 2. The molecule has 0 aliphatic heterocycles. The third-order valence-electron chi connectivity index (χ3n) is 3.80. The molecule has 0 heterocycles. The summed E-state index contributed by atoms with van der Waals surface area (Å²) >= 11 is 0. The molecule has 0 radical (unpaired) electrons. The maximum absolute atomic E-state index is 12.5. The van der Waals surface area contributed by atoms with Crippen LogP contribution in [0.2, 0.25) is 0 Å². The zero-order chi connectivity index (χ0) is 18.4. The van der Waals surface area contributed by atoms with Gasteiger partial charge in [0, 0.05) is 11.1 Å². The highest BCUT2D eigenvalue weighted by atomic mass is 16.5. The lowest BCUT2D eigenvalue weighted by Gasteiger charge is -2.27. The zero-order valence-corrected chi connectivity index (χ0v) is 14.7. The van der Waals surface area contributed by atoms with Crippen LogP contribution in [-0.4, -0.2) is 29.1 Å². The maximum atomic E-state index is 12.5. The smallest absolute Gasteiger partial charge is 0.341 e. The first kappa shape index (κ1) is 18.5. The molecule has 0 atom stereocenters. The van der Waals surface area contributed by atoms with Crippen LogP contribution in [-0.2, 0) is 11.2 Å². The predicted molar refractivity (Wildman–Crippen MR) is 96.0 cm³/mol. The Morgan fingerprint density at radius 3 is 2.52 bits per heavy atom. The highest BCUT2D eigenvalue weighted by Gasteiger charge is 2.22. The number of amides is 1. The minimum Gasteiger partial charge on any atom is -0.482 e. The summed E-state index contributed by atoms with van der Waals surface area (Å²) in [6.07, 6.45) is 0.709. The van der Waals surface area contributed by atoms with Crippen LogP contribution in [0, 0.1) is 6.92 Å². The van der Waals surface area contributed by atoms with Crippen LogP contribution in [0.5, 0.6) is 5.75 Å². The lowest BCUT2D eigenvalue weighted by Crippen LogP contribution is -2.45. The molecule has 0 bridgehead atoms. The van der Waals surface area contributed by atoms with Crippen molar-refractivity contribution < 1.29 is 19.4 Å². The van der Waals surface area contributed by atoms with E-state index >= 15 is 0 Å². The molecule has 2 aromatic carbocycles. The number of carboxylic acid groups (broad SMARTS) is 1.